The van der Waals surface area contributed by atoms with Crippen LogP contribution in [0.15, 0.2) is 29.6 Å². The zero-order valence-electron chi connectivity index (χ0n) is 14.1. The van der Waals surface area contributed by atoms with Gasteiger partial charge >= 0.3 is 0 Å². The highest BCUT2D eigenvalue weighted by Gasteiger charge is 2.14. The first kappa shape index (κ1) is 17.8. The molecule has 8 nitrogen and oxygen atoms in total. The summed E-state index contributed by atoms with van der Waals surface area (Å²) in [6.45, 7) is 0.296. The Kier molecular flexibility index (Phi) is 5.04. The van der Waals surface area contributed by atoms with Gasteiger partial charge in [-0.25, -0.2) is 9.24 Å². The quantitative estimate of drug-likeness (QED) is 0.668. The van der Waals surface area contributed by atoms with Gasteiger partial charge in [-0.2, -0.15) is 17.7 Å². The van der Waals surface area contributed by atoms with Crippen LogP contribution in [0, 0.1) is 0 Å². The molecule has 25 heavy (non-hydrogen) atoms. The van der Waals surface area contributed by atoms with Crippen LogP contribution < -0.4 is 9.46 Å². The largest absolute Gasteiger partial charge is 0.497 e. The minimum Gasteiger partial charge on any atom is -0.497 e. The van der Waals surface area contributed by atoms with E-state index in [1.165, 1.54) is 25.4 Å². The van der Waals surface area contributed by atoms with E-state index in [0.29, 0.717) is 18.8 Å². The van der Waals surface area contributed by atoms with E-state index in [-0.39, 0.29) is 0 Å². The highest BCUT2D eigenvalue weighted by atomic mass is 32.2. The van der Waals surface area contributed by atoms with E-state index in [9.17, 15) is 8.42 Å². The van der Waals surface area contributed by atoms with E-state index in [1.54, 1.807) is 11.6 Å². The molecule has 10 heteroatoms. The second-order valence-electron chi connectivity index (χ2n) is 5.52. The molecule has 1 N–H and O–H groups in total. The van der Waals surface area contributed by atoms with E-state index in [4.69, 9.17) is 4.74 Å². The lowest BCUT2D eigenvalue weighted by Crippen LogP contribution is -2.36. The monoisotopic (exact) mass is 381 g/mol. The van der Waals surface area contributed by atoms with E-state index in [1.807, 2.05) is 29.6 Å². The van der Waals surface area contributed by atoms with Crippen LogP contribution in [0.4, 0.5) is 0 Å². The smallest absolute Gasteiger partial charge is 0.278 e. The predicted octanol–water partition coefficient (Wildman–Crippen LogP) is 1.40. The Morgan fingerprint density at radius 3 is 2.64 bits per heavy atom. The summed E-state index contributed by atoms with van der Waals surface area (Å²) in [6, 6.07) is 7.54. The molecule has 0 bridgehead atoms. The van der Waals surface area contributed by atoms with Crippen LogP contribution in [-0.2, 0) is 16.6 Å². The van der Waals surface area contributed by atoms with Crippen molar-refractivity contribution >= 4 is 26.5 Å². The molecular weight excluding hydrogens is 362 g/mol. The Balaban J connectivity index is 1.76. The number of fused-ring (bicyclic) bond motifs is 1. The number of ether oxygens (including phenoxy) is 1. The number of hydrogen-bond donors (Lipinski definition) is 1. The average Bonchev–Trinajstić information content (AvgIpc) is 3.16. The van der Waals surface area contributed by atoms with Crippen LogP contribution in [0.1, 0.15) is 5.69 Å². The number of benzene rings is 1. The third-order valence-corrected chi connectivity index (χ3v) is 6.04. The molecular formula is C15H19N5O3S2. The number of rotatable bonds is 7. The Morgan fingerprint density at radius 1 is 1.28 bits per heavy atom. The van der Waals surface area contributed by atoms with Crippen LogP contribution in [0.2, 0.25) is 0 Å². The van der Waals surface area contributed by atoms with Gasteiger partial charge in [0.05, 0.1) is 12.8 Å². The van der Waals surface area contributed by atoms with Gasteiger partial charge < -0.3 is 4.74 Å². The van der Waals surface area contributed by atoms with Crippen LogP contribution in [0.3, 0.4) is 0 Å². The molecule has 2 heterocycles. The molecule has 0 atom stereocenters. The maximum Gasteiger partial charge on any atom is 0.278 e. The third kappa shape index (κ3) is 3.82. The first-order valence-electron chi connectivity index (χ1n) is 7.55. The Hall–Kier alpha value is -2.01. The molecule has 0 saturated heterocycles. The van der Waals surface area contributed by atoms with Gasteiger partial charge in [0.15, 0.2) is 5.82 Å². The van der Waals surface area contributed by atoms with E-state index < -0.39 is 10.2 Å². The van der Waals surface area contributed by atoms with Gasteiger partial charge in [-0.1, -0.05) is 0 Å². The number of hydrogen-bond acceptors (Lipinski definition) is 6. The number of thiazole rings is 1. The fourth-order valence-corrected chi connectivity index (χ4v) is 3.67. The van der Waals surface area contributed by atoms with Crippen molar-refractivity contribution in [3.05, 3.63) is 35.3 Å². The average molecular weight is 381 g/mol. The molecule has 0 fully saturated rings. The van der Waals surface area contributed by atoms with Gasteiger partial charge in [0.2, 0.25) is 4.96 Å². The second kappa shape index (κ2) is 7.08. The maximum atomic E-state index is 11.7. The lowest BCUT2D eigenvalue weighted by atomic mass is 10.2. The minimum atomic E-state index is -3.42. The minimum absolute atomic E-state index is 0.296. The molecule has 3 rings (SSSR count). The van der Waals surface area contributed by atoms with Crippen molar-refractivity contribution in [1.29, 1.82) is 0 Å². The molecule has 0 radical (unpaired) electrons. The van der Waals surface area contributed by atoms with Gasteiger partial charge in [-0.15, -0.1) is 16.4 Å². The standard InChI is InChI=1S/C15H19N5O3S2/c1-19(2)25(21,22)16-9-8-12-10-24-15-17-14(18-20(12)15)11-4-6-13(23-3)7-5-11/h4-7,10,16H,8-9H2,1-3H3. The summed E-state index contributed by atoms with van der Waals surface area (Å²) in [5.41, 5.74) is 1.81. The lowest BCUT2D eigenvalue weighted by molar-refractivity contribution is 0.415. The number of nitrogens with zero attached hydrogens (tertiary/aromatic N) is 4. The van der Waals surface area contributed by atoms with E-state index in [0.717, 1.165) is 26.3 Å². The molecule has 0 aliphatic rings. The van der Waals surface area contributed by atoms with Crippen molar-refractivity contribution < 1.29 is 13.2 Å². The van der Waals surface area contributed by atoms with Crippen molar-refractivity contribution in [3.63, 3.8) is 0 Å². The highest BCUT2D eigenvalue weighted by molar-refractivity contribution is 7.87. The summed E-state index contributed by atoms with van der Waals surface area (Å²) in [5.74, 6) is 1.41. The molecule has 0 aliphatic heterocycles. The van der Waals surface area contributed by atoms with Gasteiger partial charge in [0.25, 0.3) is 10.2 Å². The van der Waals surface area contributed by atoms with Gasteiger partial charge in [0.1, 0.15) is 5.75 Å². The molecule has 0 unspecified atom stereocenters. The first-order chi connectivity index (χ1) is 11.9. The Morgan fingerprint density at radius 2 is 2.00 bits per heavy atom. The first-order valence-corrected chi connectivity index (χ1v) is 9.87. The normalized spacial score (nSPS) is 12.2. The van der Waals surface area contributed by atoms with Crippen molar-refractivity contribution in [2.75, 3.05) is 27.7 Å². The molecule has 0 saturated carbocycles. The van der Waals surface area contributed by atoms with E-state index in [2.05, 4.69) is 14.8 Å². The molecule has 1 aromatic carbocycles. The highest BCUT2D eigenvalue weighted by Crippen LogP contribution is 2.23. The molecule has 0 amide bonds. The lowest BCUT2D eigenvalue weighted by Gasteiger charge is -2.11. The zero-order chi connectivity index (χ0) is 18.0. The van der Waals surface area contributed by atoms with Crippen LogP contribution >= 0.6 is 11.3 Å². The summed E-state index contributed by atoms with van der Waals surface area (Å²) < 4.78 is 34.1. The summed E-state index contributed by atoms with van der Waals surface area (Å²) >= 11 is 1.48. The topological polar surface area (TPSA) is 88.8 Å². The predicted molar refractivity (Wildman–Crippen MR) is 97.2 cm³/mol. The SMILES string of the molecule is COc1ccc(-c2nc3scc(CCNS(=O)(=O)N(C)C)n3n2)cc1. The molecule has 3 aromatic rings. The van der Waals surface area contributed by atoms with E-state index >= 15 is 0 Å². The molecule has 2 aromatic heterocycles. The van der Waals surface area contributed by atoms with Crippen molar-refractivity contribution in [2.24, 2.45) is 0 Å². The molecule has 0 aliphatic carbocycles. The Bertz CT molecular complexity index is 961. The third-order valence-electron chi connectivity index (χ3n) is 3.64. The zero-order valence-corrected chi connectivity index (χ0v) is 15.8. The van der Waals surface area contributed by atoms with Gasteiger partial charge in [-0.3, -0.25) is 0 Å². The van der Waals surface area contributed by atoms with Gasteiger partial charge in [-0.05, 0) is 24.3 Å². The molecule has 134 valence electrons. The van der Waals surface area contributed by atoms with Crippen LogP contribution in [0.25, 0.3) is 16.3 Å². The summed E-state index contributed by atoms with van der Waals surface area (Å²) in [4.78, 5) is 5.30. The summed E-state index contributed by atoms with van der Waals surface area (Å²) in [7, 11) is 1.18. The van der Waals surface area contributed by atoms with Crippen molar-refractivity contribution in [3.8, 4) is 17.1 Å². The second-order valence-corrected chi connectivity index (χ2v) is 8.32. The Labute approximate surface area is 150 Å². The van der Waals surface area contributed by atoms with Crippen LogP contribution in [-0.4, -0.2) is 55.1 Å². The van der Waals surface area contributed by atoms with Crippen LogP contribution in [0.5, 0.6) is 5.75 Å². The van der Waals surface area contributed by atoms with Crippen molar-refractivity contribution in [2.45, 2.75) is 6.42 Å². The van der Waals surface area contributed by atoms with Crippen molar-refractivity contribution in [1.82, 2.24) is 23.6 Å². The number of nitrogens with one attached hydrogen (secondary N) is 1. The fourth-order valence-electron chi connectivity index (χ4n) is 2.20. The summed E-state index contributed by atoms with van der Waals surface area (Å²) in [5, 5.41) is 6.48. The maximum absolute atomic E-state index is 11.7. The summed E-state index contributed by atoms with van der Waals surface area (Å²) in [6.07, 6.45) is 0.526. The fraction of sp³-hybridized carbons (Fsp3) is 0.333. The van der Waals surface area contributed by atoms with Gasteiger partial charge in [0, 0.05) is 38.0 Å². The molecule has 0 spiro atoms. The number of aromatic nitrogens is 3. The number of methoxy groups -OCH3 is 1.